The molecule has 1 aromatic carbocycles. The Morgan fingerprint density at radius 2 is 1.94 bits per heavy atom. The molecule has 1 amide bonds. The number of hydroxylamine groups is 1. The molecule has 1 aliphatic rings. The molecule has 1 fully saturated rings. The van der Waals surface area contributed by atoms with Crippen LogP contribution in [0, 0.1) is 5.41 Å². The van der Waals surface area contributed by atoms with E-state index in [9.17, 15) is 4.79 Å². The Kier molecular flexibility index (Phi) is 4.37. The van der Waals surface area contributed by atoms with Crippen LogP contribution < -0.4 is 5.48 Å². The van der Waals surface area contributed by atoms with E-state index in [0.29, 0.717) is 6.61 Å². The van der Waals surface area contributed by atoms with Gasteiger partial charge in [0.15, 0.2) is 0 Å². The SMILES string of the molecule is CCC1(C(=O)NOCc2ccccc2)CCCC1. The molecule has 0 aliphatic heterocycles. The van der Waals surface area contributed by atoms with Gasteiger partial charge in [0.1, 0.15) is 0 Å². The molecule has 0 spiro atoms. The van der Waals surface area contributed by atoms with Gasteiger partial charge in [-0.3, -0.25) is 9.63 Å². The number of carbonyl (C=O) groups is 1. The number of hydrogen-bond donors (Lipinski definition) is 1. The van der Waals surface area contributed by atoms with Crippen molar-refractivity contribution in [2.45, 2.75) is 45.6 Å². The van der Waals surface area contributed by atoms with Gasteiger partial charge >= 0.3 is 0 Å². The maximum atomic E-state index is 12.2. The predicted octanol–water partition coefficient (Wildman–Crippen LogP) is 3.20. The quantitative estimate of drug-likeness (QED) is 0.811. The standard InChI is InChI=1S/C15H21NO2/c1-2-15(10-6-7-11-15)14(17)16-18-12-13-8-4-3-5-9-13/h3-5,8-9H,2,6-7,10-12H2,1H3,(H,16,17). The van der Waals surface area contributed by atoms with Gasteiger partial charge in [-0.15, -0.1) is 0 Å². The highest BCUT2D eigenvalue weighted by Gasteiger charge is 2.39. The van der Waals surface area contributed by atoms with E-state index in [4.69, 9.17) is 4.84 Å². The van der Waals surface area contributed by atoms with Crippen LogP contribution in [0.1, 0.15) is 44.6 Å². The number of rotatable bonds is 5. The summed E-state index contributed by atoms with van der Waals surface area (Å²) in [5.41, 5.74) is 3.51. The summed E-state index contributed by atoms with van der Waals surface area (Å²) < 4.78 is 0. The molecule has 0 unspecified atom stereocenters. The summed E-state index contributed by atoms with van der Waals surface area (Å²) in [6, 6.07) is 9.86. The van der Waals surface area contributed by atoms with Gasteiger partial charge < -0.3 is 0 Å². The lowest BCUT2D eigenvalue weighted by atomic mass is 9.83. The van der Waals surface area contributed by atoms with Crippen molar-refractivity contribution >= 4 is 5.91 Å². The Balaban J connectivity index is 1.81. The second kappa shape index (κ2) is 6.01. The van der Waals surface area contributed by atoms with Crippen molar-refractivity contribution in [1.82, 2.24) is 5.48 Å². The van der Waals surface area contributed by atoms with Crippen LogP contribution in [-0.2, 0) is 16.2 Å². The summed E-state index contributed by atoms with van der Waals surface area (Å²) in [6.07, 6.45) is 5.18. The summed E-state index contributed by atoms with van der Waals surface area (Å²) in [7, 11) is 0. The predicted molar refractivity (Wildman–Crippen MR) is 70.6 cm³/mol. The Morgan fingerprint density at radius 3 is 2.56 bits per heavy atom. The summed E-state index contributed by atoms with van der Waals surface area (Å²) in [5, 5.41) is 0. The second-order valence-electron chi connectivity index (χ2n) is 5.05. The Morgan fingerprint density at radius 1 is 1.28 bits per heavy atom. The minimum atomic E-state index is -0.184. The molecule has 1 N–H and O–H groups in total. The van der Waals surface area contributed by atoms with Gasteiger partial charge in [-0.2, -0.15) is 0 Å². The van der Waals surface area contributed by atoms with E-state index in [0.717, 1.165) is 37.7 Å². The van der Waals surface area contributed by atoms with E-state index in [1.807, 2.05) is 30.3 Å². The third-order valence-electron chi connectivity index (χ3n) is 3.97. The molecule has 2 rings (SSSR count). The van der Waals surface area contributed by atoms with E-state index in [-0.39, 0.29) is 11.3 Å². The average Bonchev–Trinajstić information content (AvgIpc) is 2.90. The summed E-state index contributed by atoms with van der Waals surface area (Å²) in [5.74, 6) is 0.0541. The van der Waals surface area contributed by atoms with E-state index in [1.165, 1.54) is 0 Å². The topological polar surface area (TPSA) is 38.3 Å². The fourth-order valence-corrected chi connectivity index (χ4v) is 2.66. The second-order valence-corrected chi connectivity index (χ2v) is 5.05. The molecule has 0 saturated heterocycles. The molecule has 3 nitrogen and oxygen atoms in total. The lowest BCUT2D eigenvalue weighted by Gasteiger charge is -2.25. The molecule has 1 aliphatic carbocycles. The van der Waals surface area contributed by atoms with E-state index >= 15 is 0 Å². The Labute approximate surface area is 108 Å². The van der Waals surface area contributed by atoms with E-state index in [1.54, 1.807) is 0 Å². The molecule has 18 heavy (non-hydrogen) atoms. The fraction of sp³-hybridized carbons (Fsp3) is 0.533. The van der Waals surface area contributed by atoms with Crippen molar-refractivity contribution in [3.05, 3.63) is 35.9 Å². The fourth-order valence-electron chi connectivity index (χ4n) is 2.66. The van der Waals surface area contributed by atoms with Crippen LogP contribution in [0.15, 0.2) is 30.3 Å². The first-order valence-electron chi connectivity index (χ1n) is 6.73. The number of hydrogen-bond acceptors (Lipinski definition) is 2. The maximum absolute atomic E-state index is 12.2. The highest BCUT2D eigenvalue weighted by Crippen LogP contribution is 2.41. The van der Waals surface area contributed by atoms with Crippen LogP contribution in [0.3, 0.4) is 0 Å². The first-order valence-corrected chi connectivity index (χ1v) is 6.73. The third-order valence-corrected chi connectivity index (χ3v) is 3.97. The number of amides is 1. The van der Waals surface area contributed by atoms with E-state index in [2.05, 4.69) is 12.4 Å². The Hall–Kier alpha value is -1.35. The van der Waals surface area contributed by atoms with Crippen LogP contribution in [0.25, 0.3) is 0 Å². The largest absolute Gasteiger partial charge is 0.272 e. The van der Waals surface area contributed by atoms with Crippen LogP contribution >= 0.6 is 0 Å². The van der Waals surface area contributed by atoms with Crippen LogP contribution in [0.2, 0.25) is 0 Å². The zero-order chi connectivity index (χ0) is 12.8. The first kappa shape index (κ1) is 13.1. The molecule has 98 valence electrons. The van der Waals surface area contributed by atoms with Crippen molar-refractivity contribution in [3.63, 3.8) is 0 Å². The lowest BCUT2D eigenvalue weighted by molar-refractivity contribution is -0.145. The third kappa shape index (κ3) is 2.91. The highest BCUT2D eigenvalue weighted by atomic mass is 16.6. The number of benzene rings is 1. The van der Waals surface area contributed by atoms with Gasteiger partial charge in [-0.25, -0.2) is 5.48 Å². The minimum absolute atomic E-state index is 0.0541. The minimum Gasteiger partial charge on any atom is -0.272 e. The Bertz CT molecular complexity index is 383. The van der Waals surface area contributed by atoms with E-state index < -0.39 is 0 Å². The molecule has 0 aromatic heterocycles. The number of carbonyl (C=O) groups excluding carboxylic acids is 1. The molecular formula is C15H21NO2. The molecule has 1 saturated carbocycles. The van der Waals surface area contributed by atoms with Crippen LogP contribution in [-0.4, -0.2) is 5.91 Å². The van der Waals surface area contributed by atoms with Crippen molar-refractivity contribution in [1.29, 1.82) is 0 Å². The average molecular weight is 247 g/mol. The van der Waals surface area contributed by atoms with Gasteiger partial charge in [-0.1, -0.05) is 50.1 Å². The monoisotopic (exact) mass is 247 g/mol. The van der Waals surface area contributed by atoms with Gasteiger partial charge in [0.25, 0.3) is 0 Å². The summed E-state index contributed by atoms with van der Waals surface area (Å²) in [6.45, 7) is 2.51. The smallest absolute Gasteiger partial charge is 0.249 e. The van der Waals surface area contributed by atoms with Crippen molar-refractivity contribution in [3.8, 4) is 0 Å². The lowest BCUT2D eigenvalue weighted by Crippen LogP contribution is -2.38. The highest BCUT2D eigenvalue weighted by molar-refractivity contribution is 5.81. The molecule has 0 radical (unpaired) electrons. The van der Waals surface area contributed by atoms with Gasteiger partial charge in [0, 0.05) is 0 Å². The molecule has 0 atom stereocenters. The molecular weight excluding hydrogens is 226 g/mol. The molecule has 0 bridgehead atoms. The van der Waals surface area contributed by atoms with Gasteiger partial charge in [-0.05, 0) is 24.8 Å². The molecule has 0 heterocycles. The molecule has 3 heteroatoms. The van der Waals surface area contributed by atoms with Gasteiger partial charge in [0.2, 0.25) is 5.91 Å². The van der Waals surface area contributed by atoms with Crippen LogP contribution in [0.5, 0.6) is 0 Å². The maximum Gasteiger partial charge on any atom is 0.249 e. The van der Waals surface area contributed by atoms with Gasteiger partial charge in [0.05, 0.1) is 12.0 Å². The first-order chi connectivity index (χ1) is 8.77. The summed E-state index contributed by atoms with van der Waals surface area (Å²) >= 11 is 0. The molecule has 1 aromatic rings. The number of nitrogens with one attached hydrogen (secondary N) is 1. The van der Waals surface area contributed by atoms with Crippen molar-refractivity contribution < 1.29 is 9.63 Å². The van der Waals surface area contributed by atoms with Crippen molar-refractivity contribution in [2.24, 2.45) is 5.41 Å². The zero-order valence-corrected chi connectivity index (χ0v) is 10.9. The van der Waals surface area contributed by atoms with Crippen molar-refractivity contribution in [2.75, 3.05) is 0 Å². The summed E-state index contributed by atoms with van der Waals surface area (Å²) in [4.78, 5) is 17.5. The zero-order valence-electron chi connectivity index (χ0n) is 10.9. The normalized spacial score (nSPS) is 17.6. The van der Waals surface area contributed by atoms with Crippen LogP contribution in [0.4, 0.5) is 0 Å².